The normalized spacial score (nSPS) is 25.3. The monoisotopic (exact) mass is 644 g/mol. The number of anilines is 1. The molecule has 0 aliphatic carbocycles. The molecule has 0 radical (unpaired) electrons. The minimum atomic E-state index is -0.932. The Morgan fingerprint density at radius 1 is 1.19 bits per heavy atom. The zero-order valence-electron chi connectivity index (χ0n) is 26.0. The van der Waals surface area contributed by atoms with E-state index in [1.54, 1.807) is 0 Å². The molecule has 3 saturated heterocycles. The Morgan fingerprint density at radius 3 is 2.89 bits per heavy atom. The Kier molecular flexibility index (Phi) is 7.29. The van der Waals surface area contributed by atoms with E-state index in [9.17, 15) is 13.9 Å². The van der Waals surface area contributed by atoms with Crippen LogP contribution < -0.4 is 19.7 Å². The van der Waals surface area contributed by atoms with E-state index in [2.05, 4.69) is 37.9 Å². The second-order valence-electron chi connectivity index (χ2n) is 13.2. The highest BCUT2D eigenvalue weighted by atomic mass is 19.1. The number of nitrogens with zero attached hydrogens (tertiary/aromatic N) is 5. The summed E-state index contributed by atoms with van der Waals surface area (Å²) in [5.41, 5.74) is -0.721. The van der Waals surface area contributed by atoms with Crippen LogP contribution in [0, 0.1) is 24.0 Å². The zero-order valence-corrected chi connectivity index (χ0v) is 26.0. The lowest BCUT2D eigenvalue weighted by Gasteiger charge is -2.40. The number of hydrogen-bond donors (Lipinski definition) is 2. The molecule has 0 amide bonds. The van der Waals surface area contributed by atoms with Gasteiger partial charge in [0.05, 0.1) is 17.1 Å². The summed E-state index contributed by atoms with van der Waals surface area (Å²) in [4.78, 5) is 18.4. The number of hydrogen-bond acceptors (Lipinski definition) is 9. The molecule has 2 N–H and O–H groups in total. The van der Waals surface area contributed by atoms with Gasteiger partial charge in [-0.05, 0) is 49.4 Å². The van der Waals surface area contributed by atoms with E-state index in [1.165, 1.54) is 24.3 Å². The van der Waals surface area contributed by atoms with Gasteiger partial charge in [-0.3, -0.25) is 4.90 Å². The molecule has 0 unspecified atom stereocenters. The highest BCUT2D eigenvalue weighted by Gasteiger charge is 2.49. The van der Waals surface area contributed by atoms with E-state index in [0.29, 0.717) is 42.6 Å². The van der Waals surface area contributed by atoms with Crippen molar-refractivity contribution < 1.29 is 27.8 Å². The van der Waals surface area contributed by atoms with Gasteiger partial charge in [-0.25, -0.2) is 18.2 Å². The Bertz CT molecular complexity index is 1950. The maximum absolute atomic E-state index is 17.0. The number of halogens is 3. The summed E-state index contributed by atoms with van der Waals surface area (Å²) in [6.07, 6.45) is 8.83. The first kappa shape index (κ1) is 30.0. The second kappa shape index (κ2) is 11.4. The van der Waals surface area contributed by atoms with Crippen LogP contribution in [0.3, 0.4) is 0 Å². The van der Waals surface area contributed by atoms with E-state index < -0.39 is 23.3 Å². The Labute approximate surface area is 270 Å². The number of ether oxygens (including phenoxy) is 2. The van der Waals surface area contributed by atoms with Crippen LogP contribution in [-0.2, 0) is 0 Å². The molecule has 9 nitrogen and oxygen atoms in total. The predicted octanol–water partition coefficient (Wildman–Crippen LogP) is 5.10. The summed E-state index contributed by atoms with van der Waals surface area (Å²) in [7, 11) is 0. The van der Waals surface area contributed by atoms with Gasteiger partial charge in [0.15, 0.2) is 5.82 Å². The van der Waals surface area contributed by atoms with Gasteiger partial charge in [0.25, 0.3) is 0 Å². The standard InChI is InChI=1S/C35H35F3N6O3/c1-3-6-21-16-44-22(14-39-21)17-46-33-28-31(41-34(42-32(28)44)47-18-35-9-5-10-43(35)15-20(36)13-35)29(38)30(40-33)25-12-23(45)11-19-7-8-26(37)24(4-2)27(19)25/h2,7-8,11-12,20-22,39,45H,3,5-6,9-10,13-18H2,1H3/t20-,21-,22+,35+/m1/s1. The van der Waals surface area contributed by atoms with Crippen LogP contribution in [0.1, 0.15) is 44.6 Å². The fraction of sp³-hybridized carbons (Fsp3) is 0.457. The SMILES string of the molecule is C#Cc1c(F)ccc2cc(O)cc(-c3nc4c5c(nc(OC[C@@]67CCCN6C[C@H](F)C7)nc5c3F)N3C[C@@H](CCC)NC[C@H]3CO4)c12. The van der Waals surface area contributed by atoms with Crippen LogP contribution in [0.4, 0.5) is 19.0 Å². The third-order valence-corrected chi connectivity index (χ3v) is 10.2. The van der Waals surface area contributed by atoms with Gasteiger partial charge < -0.3 is 24.8 Å². The van der Waals surface area contributed by atoms with Gasteiger partial charge in [-0.1, -0.05) is 25.3 Å². The first-order valence-corrected chi connectivity index (χ1v) is 16.3. The summed E-state index contributed by atoms with van der Waals surface area (Å²) in [6, 6.07) is 5.45. The molecule has 2 aromatic heterocycles. The summed E-state index contributed by atoms with van der Waals surface area (Å²) in [5.74, 6) is 1.30. The van der Waals surface area contributed by atoms with E-state index in [0.717, 1.165) is 32.2 Å². The summed E-state index contributed by atoms with van der Waals surface area (Å²) in [6.45, 7) is 4.95. The molecule has 4 atom stereocenters. The number of rotatable bonds is 6. The third kappa shape index (κ3) is 4.90. The van der Waals surface area contributed by atoms with Crippen molar-refractivity contribution in [3.8, 4) is 41.2 Å². The van der Waals surface area contributed by atoms with Crippen LogP contribution in [0.15, 0.2) is 24.3 Å². The van der Waals surface area contributed by atoms with Gasteiger partial charge in [-0.2, -0.15) is 9.97 Å². The molecule has 6 heterocycles. The summed E-state index contributed by atoms with van der Waals surface area (Å²) in [5, 5.41) is 15.2. The molecule has 0 spiro atoms. The molecule has 47 heavy (non-hydrogen) atoms. The van der Waals surface area contributed by atoms with Crippen LogP contribution >= 0.6 is 0 Å². The lowest BCUT2D eigenvalue weighted by atomic mass is 9.95. The quantitative estimate of drug-likeness (QED) is 0.278. The molecule has 4 aliphatic heterocycles. The molecule has 12 heteroatoms. The lowest BCUT2D eigenvalue weighted by Crippen LogP contribution is -2.58. The summed E-state index contributed by atoms with van der Waals surface area (Å²) < 4.78 is 59.1. The number of aromatic hydroxyl groups is 1. The molecule has 0 saturated carbocycles. The average molecular weight is 645 g/mol. The fourth-order valence-corrected chi connectivity index (χ4v) is 8.05. The van der Waals surface area contributed by atoms with E-state index in [1.807, 2.05) is 0 Å². The van der Waals surface area contributed by atoms with Crippen LogP contribution in [0.2, 0.25) is 0 Å². The van der Waals surface area contributed by atoms with E-state index in [4.69, 9.17) is 20.9 Å². The number of nitrogens with one attached hydrogen (secondary N) is 1. The molecule has 244 valence electrons. The van der Waals surface area contributed by atoms with Crippen molar-refractivity contribution in [3.63, 3.8) is 0 Å². The molecular weight excluding hydrogens is 609 g/mol. The maximum atomic E-state index is 17.0. The highest BCUT2D eigenvalue weighted by Crippen LogP contribution is 2.44. The lowest BCUT2D eigenvalue weighted by molar-refractivity contribution is 0.107. The van der Waals surface area contributed by atoms with Crippen molar-refractivity contribution in [2.45, 2.75) is 62.8 Å². The molecular formula is C35H35F3N6O3. The smallest absolute Gasteiger partial charge is 0.319 e. The number of terminal acetylenes is 1. The number of aromatic nitrogens is 3. The topological polar surface area (TPSA) is 95.9 Å². The number of phenols is 1. The molecule has 4 aliphatic rings. The minimum absolute atomic E-state index is 0.0274. The molecule has 3 fully saturated rings. The molecule has 2 aromatic carbocycles. The molecule has 4 aromatic rings. The number of fused-ring (bicyclic) bond motifs is 4. The van der Waals surface area contributed by atoms with Gasteiger partial charge in [0.1, 0.15) is 53.4 Å². The summed E-state index contributed by atoms with van der Waals surface area (Å²) >= 11 is 0. The van der Waals surface area contributed by atoms with E-state index in [-0.39, 0.29) is 70.7 Å². The Morgan fingerprint density at radius 2 is 2.06 bits per heavy atom. The average Bonchev–Trinajstić information content (AvgIpc) is 3.54. The van der Waals surface area contributed by atoms with Crippen LogP contribution in [0.25, 0.3) is 32.9 Å². The van der Waals surface area contributed by atoms with Crippen molar-refractivity contribution in [1.82, 2.24) is 25.2 Å². The van der Waals surface area contributed by atoms with Gasteiger partial charge >= 0.3 is 6.01 Å². The Balaban J connectivity index is 1.32. The predicted molar refractivity (Wildman–Crippen MR) is 172 cm³/mol. The van der Waals surface area contributed by atoms with Crippen molar-refractivity contribution in [2.24, 2.45) is 0 Å². The second-order valence-corrected chi connectivity index (χ2v) is 13.2. The maximum Gasteiger partial charge on any atom is 0.319 e. The van der Waals surface area contributed by atoms with Gasteiger partial charge in [0, 0.05) is 43.0 Å². The fourth-order valence-electron chi connectivity index (χ4n) is 8.05. The van der Waals surface area contributed by atoms with Crippen molar-refractivity contribution in [1.29, 1.82) is 0 Å². The van der Waals surface area contributed by atoms with Gasteiger partial charge in [-0.15, -0.1) is 6.42 Å². The van der Waals surface area contributed by atoms with Gasteiger partial charge in [0.2, 0.25) is 5.88 Å². The zero-order chi connectivity index (χ0) is 32.4. The number of alkyl halides is 1. The first-order valence-electron chi connectivity index (χ1n) is 16.3. The van der Waals surface area contributed by atoms with Crippen molar-refractivity contribution in [3.05, 3.63) is 41.5 Å². The largest absolute Gasteiger partial charge is 0.508 e. The van der Waals surface area contributed by atoms with Crippen molar-refractivity contribution >= 4 is 27.5 Å². The molecule has 8 rings (SSSR count). The molecule has 0 bridgehead atoms. The highest BCUT2D eigenvalue weighted by molar-refractivity contribution is 6.04. The number of piperazine rings is 1. The first-order chi connectivity index (χ1) is 22.8. The third-order valence-electron chi connectivity index (χ3n) is 10.2. The minimum Gasteiger partial charge on any atom is -0.508 e. The van der Waals surface area contributed by atoms with Crippen LogP contribution in [0.5, 0.6) is 17.6 Å². The number of pyridine rings is 1. The van der Waals surface area contributed by atoms with Crippen molar-refractivity contribution in [2.75, 3.05) is 44.3 Å². The number of benzene rings is 2. The number of phenolic OH excluding ortho intramolecular Hbond substituents is 1. The van der Waals surface area contributed by atoms with E-state index >= 15 is 4.39 Å². The Hall–Kier alpha value is -4.34. The van der Waals surface area contributed by atoms with Crippen LogP contribution in [-0.4, -0.2) is 88.1 Å².